The van der Waals surface area contributed by atoms with Gasteiger partial charge < -0.3 is 18.4 Å². The van der Waals surface area contributed by atoms with Crippen molar-refractivity contribution in [1.82, 2.24) is 9.97 Å². The summed E-state index contributed by atoms with van der Waals surface area (Å²) in [6, 6.07) is 3.26. The number of hydrogen-bond donors (Lipinski definition) is 1. The van der Waals surface area contributed by atoms with E-state index < -0.39 is 5.60 Å². The van der Waals surface area contributed by atoms with Crippen molar-refractivity contribution in [2.45, 2.75) is 32.8 Å². The first-order chi connectivity index (χ1) is 10.9. The molecule has 23 heavy (non-hydrogen) atoms. The van der Waals surface area contributed by atoms with Gasteiger partial charge in [-0.2, -0.15) is 0 Å². The van der Waals surface area contributed by atoms with Crippen molar-refractivity contribution in [3.8, 4) is 0 Å². The molecule has 0 bridgehead atoms. The Bertz CT molecular complexity index is 831. The number of furan rings is 1. The van der Waals surface area contributed by atoms with Gasteiger partial charge in [0.05, 0.1) is 24.1 Å². The molecule has 0 fully saturated rings. The number of carbonyl (C=O) groups is 1. The first kappa shape index (κ1) is 15.2. The Morgan fingerprint density at radius 3 is 2.61 bits per heavy atom. The van der Waals surface area contributed by atoms with Gasteiger partial charge in [-0.3, -0.25) is 4.79 Å². The Morgan fingerprint density at radius 1 is 1.30 bits per heavy atom. The van der Waals surface area contributed by atoms with Crippen LogP contribution in [0.1, 0.15) is 46.3 Å². The molecule has 0 aromatic carbocycles. The molecule has 3 aromatic heterocycles. The largest absolute Gasteiger partial charge is 0.466 e. The number of oxazole rings is 2. The number of nitrogens with zero attached hydrogens (tertiary/aromatic N) is 2. The normalized spacial score (nSPS) is 13.9. The zero-order valence-corrected chi connectivity index (χ0v) is 13.0. The van der Waals surface area contributed by atoms with Crippen LogP contribution in [-0.2, 0) is 12.0 Å². The molecule has 120 valence electrons. The van der Waals surface area contributed by atoms with Gasteiger partial charge in [-0.15, -0.1) is 0 Å². The van der Waals surface area contributed by atoms with Crippen molar-refractivity contribution in [2.75, 3.05) is 0 Å². The van der Waals surface area contributed by atoms with Crippen molar-refractivity contribution in [3.05, 3.63) is 59.3 Å². The maximum Gasteiger partial charge on any atom is 0.235 e. The highest BCUT2D eigenvalue weighted by atomic mass is 16.4. The third kappa shape index (κ3) is 2.59. The number of aryl methyl sites for hydroxylation is 2. The maximum absolute atomic E-state index is 11.6. The molecule has 1 atom stereocenters. The Hall–Kier alpha value is -2.67. The smallest absolute Gasteiger partial charge is 0.235 e. The maximum atomic E-state index is 11.6. The number of carbonyl (C=O) groups excluding carboxylic acids is 1. The van der Waals surface area contributed by atoms with E-state index in [1.807, 2.05) is 0 Å². The molecule has 0 aliphatic carbocycles. The molecule has 0 amide bonds. The van der Waals surface area contributed by atoms with Crippen molar-refractivity contribution < 1.29 is 23.2 Å². The van der Waals surface area contributed by atoms with E-state index in [1.165, 1.54) is 19.6 Å². The summed E-state index contributed by atoms with van der Waals surface area (Å²) in [5.41, 5.74) is -0.650. The molecule has 0 spiro atoms. The Balaban J connectivity index is 2.11. The van der Waals surface area contributed by atoms with Crippen molar-refractivity contribution in [2.24, 2.45) is 0 Å². The van der Waals surface area contributed by atoms with E-state index >= 15 is 0 Å². The lowest BCUT2D eigenvalue weighted by Gasteiger charge is -2.21. The van der Waals surface area contributed by atoms with E-state index in [-0.39, 0.29) is 29.6 Å². The van der Waals surface area contributed by atoms with Crippen LogP contribution in [0.15, 0.2) is 38.0 Å². The van der Waals surface area contributed by atoms with Crippen LogP contribution in [0.5, 0.6) is 0 Å². The SMILES string of the molecule is CC(=O)c1oc(C(O)(Cc2ocnc2C)c2ccco2)nc1C. The van der Waals surface area contributed by atoms with Gasteiger partial charge in [-0.25, -0.2) is 9.97 Å². The van der Waals surface area contributed by atoms with Crippen LogP contribution in [0.2, 0.25) is 0 Å². The summed E-state index contributed by atoms with van der Waals surface area (Å²) < 4.78 is 16.2. The minimum absolute atomic E-state index is 0.0175. The first-order valence-corrected chi connectivity index (χ1v) is 7.06. The highest BCUT2D eigenvalue weighted by molar-refractivity contribution is 5.92. The van der Waals surface area contributed by atoms with Crippen LogP contribution >= 0.6 is 0 Å². The molecular weight excluding hydrogens is 300 g/mol. The van der Waals surface area contributed by atoms with Gasteiger partial charge in [0.15, 0.2) is 17.9 Å². The predicted molar refractivity (Wildman–Crippen MR) is 77.9 cm³/mol. The molecule has 3 rings (SSSR count). The predicted octanol–water partition coefficient (Wildman–Crippen LogP) is 2.55. The Morgan fingerprint density at radius 2 is 2.09 bits per heavy atom. The summed E-state index contributed by atoms with van der Waals surface area (Å²) in [4.78, 5) is 19.8. The third-order valence-electron chi connectivity index (χ3n) is 3.66. The van der Waals surface area contributed by atoms with E-state index in [0.29, 0.717) is 17.1 Å². The molecule has 0 aliphatic heterocycles. The van der Waals surface area contributed by atoms with Crippen LogP contribution in [0.3, 0.4) is 0 Å². The molecule has 1 unspecified atom stereocenters. The van der Waals surface area contributed by atoms with Gasteiger partial charge in [0.1, 0.15) is 11.5 Å². The Kier molecular flexibility index (Phi) is 3.65. The van der Waals surface area contributed by atoms with Crippen LogP contribution in [-0.4, -0.2) is 20.9 Å². The molecule has 3 heterocycles. The van der Waals surface area contributed by atoms with E-state index in [9.17, 15) is 9.90 Å². The van der Waals surface area contributed by atoms with E-state index in [4.69, 9.17) is 13.3 Å². The van der Waals surface area contributed by atoms with Crippen LogP contribution in [0.4, 0.5) is 0 Å². The summed E-state index contributed by atoms with van der Waals surface area (Å²) in [5.74, 6) is 0.540. The number of rotatable bonds is 5. The topological polar surface area (TPSA) is 102 Å². The molecule has 7 heteroatoms. The number of hydrogen-bond acceptors (Lipinski definition) is 7. The van der Waals surface area contributed by atoms with E-state index in [0.717, 1.165) is 0 Å². The molecule has 3 aromatic rings. The average molecular weight is 316 g/mol. The summed E-state index contributed by atoms with van der Waals surface area (Å²) >= 11 is 0. The number of aliphatic hydroxyl groups is 1. The van der Waals surface area contributed by atoms with Gasteiger partial charge in [0.25, 0.3) is 0 Å². The zero-order chi connectivity index (χ0) is 16.6. The lowest BCUT2D eigenvalue weighted by Crippen LogP contribution is -2.30. The van der Waals surface area contributed by atoms with Crippen LogP contribution < -0.4 is 0 Å². The molecule has 0 aliphatic rings. The fourth-order valence-electron chi connectivity index (χ4n) is 2.41. The summed E-state index contributed by atoms with van der Waals surface area (Å²) in [7, 11) is 0. The summed E-state index contributed by atoms with van der Waals surface area (Å²) in [6.07, 6.45) is 2.76. The molecule has 7 nitrogen and oxygen atoms in total. The monoisotopic (exact) mass is 316 g/mol. The third-order valence-corrected chi connectivity index (χ3v) is 3.66. The average Bonchev–Trinajstić information content (AvgIpc) is 3.20. The number of Topliss-reactive ketones (excluding diaryl/α,β-unsaturated/α-hetero) is 1. The molecule has 0 radical (unpaired) electrons. The minimum atomic E-state index is -1.70. The standard InChI is InChI=1S/C16H16N2O5/c1-9-12(22-8-17-9)7-16(20,13-5-4-6-21-13)15-18-10(2)14(23-15)11(3)19/h4-6,8,20H,7H2,1-3H3. The van der Waals surface area contributed by atoms with Crippen LogP contribution in [0.25, 0.3) is 0 Å². The van der Waals surface area contributed by atoms with Crippen molar-refractivity contribution >= 4 is 5.78 Å². The summed E-state index contributed by atoms with van der Waals surface area (Å²) in [5, 5.41) is 11.2. The fourth-order valence-corrected chi connectivity index (χ4v) is 2.41. The molecule has 0 saturated heterocycles. The highest BCUT2D eigenvalue weighted by Gasteiger charge is 2.42. The second-order valence-corrected chi connectivity index (χ2v) is 5.37. The lowest BCUT2D eigenvalue weighted by molar-refractivity contribution is 0.0241. The van der Waals surface area contributed by atoms with E-state index in [1.54, 1.807) is 26.0 Å². The highest BCUT2D eigenvalue weighted by Crippen LogP contribution is 2.34. The van der Waals surface area contributed by atoms with Gasteiger partial charge in [0.2, 0.25) is 11.5 Å². The van der Waals surface area contributed by atoms with Crippen molar-refractivity contribution in [1.29, 1.82) is 0 Å². The van der Waals surface area contributed by atoms with Gasteiger partial charge in [-0.1, -0.05) is 0 Å². The van der Waals surface area contributed by atoms with Gasteiger partial charge in [-0.05, 0) is 26.0 Å². The number of aromatic nitrogens is 2. The molecule has 1 N–H and O–H groups in total. The first-order valence-electron chi connectivity index (χ1n) is 7.06. The zero-order valence-electron chi connectivity index (χ0n) is 13.0. The molecule has 0 saturated carbocycles. The quantitative estimate of drug-likeness (QED) is 0.721. The lowest BCUT2D eigenvalue weighted by atomic mass is 9.94. The second-order valence-electron chi connectivity index (χ2n) is 5.37. The van der Waals surface area contributed by atoms with Gasteiger partial charge in [0, 0.05) is 6.92 Å². The molecular formula is C16H16N2O5. The number of ketones is 1. The van der Waals surface area contributed by atoms with Gasteiger partial charge >= 0.3 is 0 Å². The summed E-state index contributed by atoms with van der Waals surface area (Å²) in [6.45, 7) is 4.79. The minimum Gasteiger partial charge on any atom is -0.466 e. The second kappa shape index (κ2) is 5.51. The Labute approximate surface area is 132 Å². The van der Waals surface area contributed by atoms with Crippen molar-refractivity contribution in [3.63, 3.8) is 0 Å². The van der Waals surface area contributed by atoms with E-state index in [2.05, 4.69) is 9.97 Å². The van der Waals surface area contributed by atoms with Crippen LogP contribution in [0, 0.1) is 13.8 Å². The fraction of sp³-hybridized carbons (Fsp3) is 0.312.